The van der Waals surface area contributed by atoms with Crippen molar-refractivity contribution in [3.05, 3.63) is 72.7 Å². The molecule has 0 aliphatic rings. The van der Waals surface area contributed by atoms with Gasteiger partial charge in [-0.2, -0.15) is 0 Å². The molecule has 4 aromatic heterocycles. The second-order valence-electron chi connectivity index (χ2n) is 5.41. The van der Waals surface area contributed by atoms with Crippen LogP contribution in [0.15, 0.2) is 61.2 Å². The SMILES string of the molecule is NC(=O)c1cnc2ccc(-c3cccnc3-c3cc(F)ccn3)cn12. The Morgan fingerprint density at radius 1 is 1.08 bits per heavy atom. The van der Waals surface area contributed by atoms with Gasteiger partial charge in [0.1, 0.15) is 17.2 Å². The van der Waals surface area contributed by atoms with E-state index in [4.69, 9.17) is 5.73 Å². The fraction of sp³-hybridized carbons (Fsp3) is 0. The summed E-state index contributed by atoms with van der Waals surface area (Å²) in [5, 5.41) is 0. The molecular formula is C18H12FN5O. The molecule has 0 atom stereocenters. The minimum atomic E-state index is -0.567. The first-order chi connectivity index (χ1) is 12.1. The number of aromatic nitrogens is 4. The second kappa shape index (κ2) is 5.79. The summed E-state index contributed by atoms with van der Waals surface area (Å²) >= 11 is 0. The maximum atomic E-state index is 13.6. The maximum Gasteiger partial charge on any atom is 0.267 e. The molecule has 0 bridgehead atoms. The fourth-order valence-corrected chi connectivity index (χ4v) is 2.70. The largest absolute Gasteiger partial charge is 0.364 e. The summed E-state index contributed by atoms with van der Waals surface area (Å²) < 4.78 is 15.2. The predicted molar refractivity (Wildman–Crippen MR) is 90.1 cm³/mol. The van der Waals surface area contributed by atoms with Crippen LogP contribution in [0.4, 0.5) is 4.39 Å². The number of nitrogens with two attached hydrogens (primary N) is 1. The fourth-order valence-electron chi connectivity index (χ4n) is 2.70. The van der Waals surface area contributed by atoms with Crippen LogP contribution in [0.5, 0.6) is 0 Å². The quantitative estimate of drug-likeness (QED) is 0.624. The van der Waals surface area contributed by atoms with Gasteiger partial charge in [0.2, 0.25) is 0 Å². The molecule has 4 heterocycles. The van der Waals surface area contributed by atoms with Crippen molar-refractivity contribution in [2.24, 2.45) is 5.73 Å². The molecule has 0 aliphatic carbocycles. The number of rotatable bonds is 3. The van der Waals surface area contributed by atoms with Gasteiger partial charge in [0.25, 0.3) is 5.91 Å². The van der Waals surface area contributed by atoms with Crippen LogP contribution in [0.25, 0.3) is 28.2 Å². The van der Waals surface area contributed by atoms with Crippen molar-refractivity contribution in [2.75, 3.05) is 0 Å². The molecular weight excluding hydrogens is 321 g/mol. The van der Waals surface area contributed by atoms with Crippen LogP contribution in [-0.4, -0.2) is 25.3 Å². The zero-order valence-corrected chi connectivity index (χ0v) is 12.9. The van der Waals surface area contributed by atoms with Gasteiger partial charge < -0.3 is 5.73 Å². The number of imidazole rings is 1. The Morgan fingerprint density at radius 3 is 2.76 bits per heavy atom. The third kappa shape index (κ3) is 2.61. The van der Waals surface area contributed by atoms with Gasteiger partial charge in [-0.1, -0.05) is 6.07 Å². The number of fused-ring (bicyclic) bond motifs is 1. The molecule has 7 heteroatoms. The molecule has 6 nitrogen and oxygen atoms in total. The average Bonchev–Trinajstić information content (AvgIpc) is 3.05. The topological polar surface area (TPSA) is 86.2 Å². The summed E-state index contributed by atoms with van der Waals surface area (Å²) in [6.07, 6.45) is 6.20. The molecule has 0 saturated heterocycles. The summed E-state index contributed by atoms with van der Waals surface area (Å²) in [6, 6.07) is 9.88. The minimum Gasteiger partial charge on any atom is -0.364 e. The molecule has 0 unspecified atom stereocenters. The molecule has 122 valence electrons. The predicted octanol–water partition coefficient (Wildman–Crippen LogP) is 2.70. The third-order valence-electron chi connectivity index (χ3n) is 3.84. The molecule has 25 heavy (non-hydrogen) atoms. The van der Waals surface area contributed by atoms with E-state index in [1.807, 2.05) is 12.1 Å². The molecule has 0 spiro atoms. The van der Waals surface area contributed by atoms with Crippen LogP contribution in [-0.2, 0) is 0 Å². The normalized spacial score (nSPS) is 10.9. The highest BCUT2D eigenvalue weighted by atomic mass is 19.1. The number of hydrogen-bond donors (Lipinski definition) is 1. The lowest BCUT2D eigenvalue weighted by molar-refractivity contribution is 0.0995. The molecule has 1 amide bonds. The van der Waals surface area contributed by atoms with Gasteiger partial charge in [0.15, 0.2) is 0 Å². The summed E-state index contributed by atoms with van der Waals surface area (Å²) in [5.74, 6) is -0.953. The van der Waals surface area contributed by atoms with Gasteiger partial charge in [-0.25, -0.2) is 9.37 Å². The van der Waals surface area contributed by atoms with Crippen molar-refractivity contribution < 1.29 is 9.18 Å². The number of amides is 1. The number of hydrogen-bond acceptors (Lipinski definition) is 4. The first-order valence-electron chi connectivity index (χ1n) is 7.48. The van der Waals surface area contributed by atoms with Crippen LogP contribution < -0.4 is 5.73 Å². The Morgan fingerprint density at radius 2 is 1.96 bits per heavy atom. The molecule has 0 saturated carbocycles. The van der Waals surface area contributed by atoms with Gasteiger partial charge in [-0.15, -0.1) is 0 Å². The molecule has 0 aliphatic heterocycles. The third-order valence-corrected chi connectivity index (χ3v) is 3.84. The Hall–Kier alpha value is -3.61. The summed E-state index contributed by atoms with van der Waals surface area (Å²) in [6.45, 7) is 0. The summed E-state index contributed by atoms with van der Waals surface area (Å²) in [5.41, 5.74) is 8.78. The highest BCUT2D eigenvalue weighted by Gasteiger charge is 2.13. The first-order valence-corrected chi connectivity index (χ1v) is 7.48. The van der Waals surface area contributed by atoms with E-state index in [9.17, 15) is 9.18 Å². The van der Waals surface area contributed by atoms with Crippen molar-refractivity contribution in [1.29, 1.82) is 0 Å². The highest BCUT2D eigenvalue weighted by Crippen LogP contribution is 2.29. The Bertz CT molecular complexity index is 1110. The Labute approximate surface area is 141 Å². The van der Waals surface area contributed by atoms with Gasteiger partial charge in [-0.05, 0) is 24.3 Å². The van der Waals surface area contributed by atoms with Crippen molar-refractivity contribution in [1.82, 2.24) is 19.4 Å². The van der Waals surface area contributed by atoms with E-state index >= 15 is 0 Å². The van der Waals surface area contributed by atoms with Gasteiger partial charge in [-0.3, -0.25) is 19.2 Å². The summed E-state index contributed by atoms with van der Waals surface area (Å²) in [7, 11) is 0. The number of primary amides is 1. The molecule has 4 aromatic rings. The van der Waals surface area contributed by atoms with E-state index < -0.39 is 5.91 Å². The van der Waals surface area contributed by atoms with E-state index in [1.54, 1.807) is 28.9 Å². The molecule has 4 rings (SSSR count). The van der Waals surface area contributed by atoms with Crippen molar-refractivity contribution in [3.8, 4) is 22.5 Å². The smallest absolute Gasteiger partial charge is 0.267 e. The first kappa shape index (κ1) is 14.9. The highest BCUT2D eigenvalue weighted by molar-refractivity contribution is 5.92. The lowest BCUT2D eigenvalue weighted by Crippen LogP contribution is -2.13. The van der Waals surface area contributed by atoms with Gasteiger partial charge in [0.05, 0.1) is 17.6 Å². The molecule has 0 fully saturated rings. The Kier molecular flexibility index (Phi) is 3.46. The zero-order chi connectivity index (χ0) is 17.4. The van der Waals surface area contributed by atoms with Crippen LogP contribution in [0.1, 0.15) is 10.5 Å². The average molecular weight is 333 g/mol. The van der Waals surface area contributed by atoms with Crippen LogP contribution >= 0.6 is 0 Å². The standard InChI is InChI=1S/C18H12FN5O/c19-12-5-7-21-14(8-12)17-13(2-1-6-22-17)11-3-4-16-23-9-15(18(20)25)24(16)10-11/h1-10H,(H2,20,25). The molecule has 2 N–H and O–H groups in total. The van der Waals surface area contributed by atoms with Crippen molar-refractivity contribution in [2.45, 2.75) is 0 Å². The summed E-state index contributed by atoms with van der Waals surface area (Å²) in [4.78, 5) is 24.2. The lowest BCUT2D eigenvalue weighted by Gasteiger charge is -2.09. The van der Waals surface area contributed by atoms with E-state index in [0.717, 1.165) is 11.1 Å². The molecule has 0 radical (unpaired) electrons. The lowest BCUT2D eigenvalue weighted by atomic mass is 10.0. The Balaban J connectivity index is 1.92. The van der Waals surface area contributed by atoms with E-state index in [1.165, 1.54) is 24.5 Å². The number of carbonyl (C=O) groups excluding carboxylic acids is 1. The number of pyridine rings is 3. The van der Waals surface area contributed by atoms with Crippen molar-refractivity contribution >= 4 is 11.6 Å². The van der Waals surface area contributed by atoms with Crippen LogP contribution in [0, 0.1) is 5.82 Å². The van der Waals surface area contributed by atoms with Crippen molar-refractivity contribution in [3.63, 3.8) is 0 Å². The number of nitrogens with zero attached hydrogens (tertiary/aromatic N) is 4. The maximum absolute atomic E-state index is 13.6. The van der Waals surface area contributed by atoms with Crippen LogP contribution in [0.3, 0.4) is 0 Å². The van der Waals surface area contributed by atoms with E-state index in [0.29, 0.717) is 17.0 Å². The van der Waals surface area contributed by atoms with E-state index in [-0.39, 0.29) is 11.5 Å². The monoisotopic (exact) mass is 333 g/mol. The zero-order valence-electron chi connectivity index (χ0n) is 12.9. The number of carbonyl (C=O) groups is 1. The van der Waals surface area contributed by atoms with Gasteiger partial charge >= 0.3 is 0 Å². The minimum absolute atomic E-state index is 0.283. The van der Waals surface area contributed by atoms with Gasteiger partial charge in [0, 0.05) is 35.8 Å². The molecule has 0 aromatic carbocycles. The second-order valence-corrected chi connectivity index (χ2v) is 5.41. The van der Waals surface area contributed by atoms with E-state index in [2.05, 4.69) is 15.0 Å². The van der Waals surface area contributed by atoms with Crippen LogP contribution in [0.2, 0.25) is 0 Å². The number of halogens is 1.